The van der Waals surface area contributed by atoms with Crippen molar-refractivity contribution in [3.63, 3.8) is 0 Å². The highest BCUT2D eigenvalue weighted by atomic mass is 19.1. The molecule has 4 aromatic rings. The molecule has 2 aromatic heterocycles. The van der Waals surface area contributed by atoms with Crippen molar-refractivity contribution in [2.24, 2.45) is 0 Å². The monoisotopic (exact) mass is 433 g/mol. The topological polar surface area (TPSA) is 73.3 Å². The van der Waals surface area contributed by atoms with Crippen molar-refractivity contribution >= 4 is 11.6 Å². The number of nitrogens with one attached hydrogen (secondary N) is 1. The van der Waals surface area contributed by atoms with Crippen LogP contribution in [0.4, 0.5) is 14.5 Å². The van der Waals surface area contributed by atoms with Crippen LogP contribution in [0.1, 0.15) is 15.9 Å². The van der Waals surface area contributed by atoms with Crippen molar-refractivity contribution in [3.8, 4) is 17.4 Å². The summed E-state index contributed by atoms with van der Waals surface area (Å²) in [6.07, 6.45) is 4.58. The first-order chi connectivity index (χ1) is 15.6. The molecule has 0 aliphatic rings. The van der Waals surface area contributed by atoms with E-state index in [4.69, 9.17) is 9.47 Å². The quantitative estimate of drug-likeness (QED) is 0.424. The van der Waals surface area contributed by atoms with Crippen molar-refractivity contribution in [3.05, 3.63) is 108 Å². The van der Waals surface area contributed by atoms with Crippen LogP contribution < -0.4 is 14.8 Å². The fourth-order valence-corrected chi connectivity index (χ4v) is 2.85. The van der Waals surface area contributed by atoms with Crippen LogP contribution in [-0.2, 0) is 6.61 Å². The zero-order valence-electron chi connectivity index (χ0n) is 16.7. The molecular weight excluding hydrogens is 416 g/mol. The molecule has 160 valence electrons. The van der Waals surface area contributed by atoms with Gasteiger partial charge in [-0.2, -0.15) is 0 Å². The smallest absolute Gasteiger partial charge is 0.261 e. The third kappa shape index (κ3) is 5.23. The fourth-order valence-electron chi connectivity index (χ4n) is 2.85. The predicted molar refractivity (Wildman–Crippen MR) is 114 cm³/mol. The second kappa shape index (κ2) is 9.65. The molecule has 1 amide bonds. The predicted octanol–water partition coefficient (Wildman–Crippen LogP) is 5.38. The minimum atomic E-state index is -0.669. The molecule has 32 heavy (non-hydrogen) atoms. The van der Waals surface area contributed by atoms with Crippen LogP contribution in [0, 0.1) is 11.6 Å². The SMILES string of the molecule is O=C(Nc1ccc(OCc2cccc(F)c2)c(F)c1)c1cccnc1Oc1cccnc1. The Bertz CT molecular complexity index is 1240. The number of ether oxygens (including phenoxy) is 2. The average Bonchev–Trinajstić information content (AvgIpc) is 2.79. The zero-order valence-corrected chi connectivity index (χ0v) is 16.7. The van der Waals surface area contributed by atoms with Gasteiger partial charge in [-0.3, -0.25) is 9.78 Å². The van der Waals surface area contributed by atoms with Crippen molar-refractivity contribution in [2.75, 3.05) is 5.32 Å². The summed E-state index contributed by atoms with van der Waals surface area (Å²) < 4.78 is 38.8. The molecule has 1 N–H and O–H groups in total. The lowest BCUT2D eigenvalue weighted by Gasteiger charge is -2.12. The van der Waals surface area contributed by atoms with Gasteiger partial charge in [-0.15, -0.1) is 0 Å². The Morgan fingerprint density at radius 1 is 0.969 bits per heavy atom. The highest BCUT2D eigenvalue weighted by Gasteiger charge is 2.16. The molecule has 0 radical (unpaired) electrons. The van der Waals surface area contributed by atoms with Crippen LogP contribution in [0.15, 0.2) is 85.3 Å². The molecule has 2 heterocycles. The van der Waals surface area contributed by atoms with Gasteiger partial charge in [0.1, 0.15) is 23.7 Å². The van der Waals surface area contributed by atoms with Gasteiger partial charge in [0.15, 0.2) is 11.6 Å². The molecule has 0 spiro atoms. The molecule has 6 nitrogen and oxygen atoms in total. The lowest BCUT2D eigenvalue weighted by Crippen LogP contribution is -2.14. The van der Waals surface area contributed by atoms with Crippen molar-refractivity contribution in [2.45, 2.75) is 6.61 Å². The molecule has 0 saturated carbocycles. The van der Waals surface area contributed by atoms with E-state index in [0.717, 1.165) is 6.07 Å². The van der Waals surface area contributed by atoms with Gasteiger partial charge in [0.2, 0.25) is 5.88 Å². The third-order valence-electron chi connectivity index (χ3n) is 4.34. The highest BCUT2D eigenvalue weighted by Crippen LogP contribution is 2.25. The summed E-state index contributed by atoms with van der Waals surface area (Å²) in [5.41, 5.74) is 0.962. The fraction of sp³-hybridized carbons (Fsp3) is 0.0417. The molecule has 0 unspecified atom stereocenters. The lowest BCUT2D eigenvalue weighted by atomic mass is 10.2. The van der Waals surface area contributed by atoms with E-state index in [1.165, 1.54) is 36.7 Å². The number of carbonyl (C=O) groups excluding carboxylic acids is 1. The van der Waals surface area contributed by atoms with Gasteiger partial charge >= 0.3 is 0 Å². The van der Waals surface area contributed by atoms with Gasteiger partial charge < -0.3 is 14.8 Å². The van der Waals surface area contributed by atoms with Crippen LogP contribution in [0.2, 0.25) is 0 Å². The van der Waals surface area contributed by atoms with Crippen LogP contribution in [0.25, 0.3) is 0 Å². The number of benzene rings is 2. The summed E-state index contributed by atoms with van der Waals surface area (Å²) in [6, 6.07) is 16.4. The summed E-state index contributed by atoms with van der Waals surface area (Å²) in [7, 11) is 0. The van der Waals surface area contributed by atoms with Gasteiger partial charge in [-0.05, 0) is 54.1 Å². The number of pyridine rings is 2. The number of carbonyl (C=O) groups is 1. The first kappa shape index (κ1) is 20.9. The summed E-state index contributed by atoms with van der Waals surface area (Å²) in [5, 5.41) is 2.61. The Kier molecular flexibility index (Phi) is 6.31. The molecule has 0 aliphatic carbocycles. The summed E-state index contributed by atoms with van der Waals surface area (Å²) in [6.45, 7) is 0.00507. The van der Waals surface area contributed by atoms with Gasteiger partial charge in [0.25, 0.3) is 5.91 Å². The maximum absolute atomic E-state index is 14.5. The number of anilines is 1. The molecule has 0 saturated heterocycles. The van der Waals surface area contributed by atoms with Crippen molar-refractivity contribution in [1.29, 1.82) is 0 Å². The summed E-state index contributed by atoms with van der Waals surface area (Å²) in [4.78, 5) is 20.8. The van der Waals surface area contributed by atoms with E-state index in [9.17, 15) is 13.6 Å². The normalized spacial score (nSPS) is 10.4. The Labute approximate surface area is 182 Å². The van der Waals surface area contributed by atoms with Crippen LogP contribution >= 0.6 is 0 Å². The Morgan fingerprint density at radius 3 is 2.62 bits per heavy atom. The van der Waals surface area contributed by atoms with E-state index in [1.807, 2.05) is 0 Å². The number of amides is 1. The van der Waals surface area contributed by atoms with Gasteiger partial charge in [-0.25, -0.2) is 13.8 Å². The molecule has 0 bridgehead atoms. The number of hydrogen-bond acceptors (Lipinski definition) is 5. The van der Waals surface area contributed by atoms with E-state index in [0.29, 0.717) is 11.3 Å². The molecule has 4 rings (SSSR count). The van der Waals surface area contributed by atoms with E-state index < -0.39 is 17.5 Å². The Balaban J connectivity index is 1.44. The standard InChI is InChI=1S/C24H17F2N3O3/c25-17-5-1-4-16(12-17)15-31-22-9-8-18(13-21(22)26)29-23(30)20-7-3-11-28-24(20)32-19-6-2-10-27-14-19/h1-14H,15H2,(H,29,30). The minimum Gasteiger partial charge on any atom is -0.486 e. The van der Waals surface area contributed by atoms with Gasteiger partial charge in [0.05, 0.1) is 6.20 Å². The number of rotatable bonds is 7. The zero-order chi connectivity index (χ0) is 22.3. The first-order valence-corrected chi connectivity index (χ1v) is 9.59. The number of hydrogen-bond donors (Lipinski definition) is 1. The van der Waals surface area contributed by atoms with Crippen LogP contribution in [-0.4, -0.2) is 15.9 Å². The molecule has 0 fully saturated rings. The second-order valence-corrected chi connectivity index (χ2v) is 6.66. The Morgan fingerprint density at radius 2 is 1.84 bits per heavy atom. The maximum atomic E-state index is 14.5. The Hall–Kier alpha value is -4.33. The van der Waals surface area contributed by atoms with Crippen molar-refractivity contribution < 1.29 is 23.0 Å². The second-order valence-electron chi connectivity index (χ2n) is 6.66. The van der Waals surface area contributed by atoms with Crippen LogP contribution in [0.5, 0.6) is 17.4 Å². The van der Waals surface area contributed by atoms with Crippen LogP contribution in [0.3, 0.4) is 0 Å². The molecule has 2 aromatic carbocycles. The molecule has 8 heteroatoms. The number of halogens is 2. The summed E-state index contributed by atoms with van der Waals surface area (Å²) in [5.74, 6) is -1.09. The van der Waals surface area contributed by atoms with Crippen molar-refractivity contribution in [1.82, 2.24) is 9.97 Å². The highest BCUT2D eigenvalue weighted by molar-refractivity contribution is 6.05. The van der Waals surface area contributed by atoms with E-state index >= 15 is 0 Å². The number of nitrogens with zero attached hydrogens (tertiary/aromatic N) is 2. The minimum absolute atomic E-state index is 0.00507. The number of aromatic nitrogens is 2. The van der Waals surface area contributed by atoms with E-state index in [-0.39, 0.29) is 29.5 Å². The first-order valence-electron chi connectivity index (χ1n) is 9.59. The molecule has 0 aliphatic heterocycles. The average molecular weight is 433 g/mol. The largest absolute Gasteiger partial charge is 0.486 e. The lowest BCUT2D eigenvalue weighted by molar-refractivity contribution is 0.102. The molecule has 0 atom stereocenters. The third-order valence-corrected chi connectivity index (χ3v) is 4.34. The maximum Gasteiger partial charge on any atom is 0.261 e. The van der Waals surface area contributed by atoms with E-state index in [1.54, 1.807) is 42.6 Å². The van der Waals surface area contributed by atoms with Gasteiger partial charge in [0, 0.05) is 24.1 Å². The van der Waals surface area contributed by atoms with Gasteiger partial charge in [-0.1, -0.05) is 12.1 Å². The van der Waals surface area contributed by atoms with E-state index in [2.05, 4.69) is 15.3 Å². The molecular formula is C24H17F2N3O3. The summed E-state index contributed by atoms with van der Waals surface area (Å²) >= 11 is 0.